The summed E-state index contributed by atoms with van der Waals surface area (Å²) in [7, 11) is 0. The van der Waals surface area contributed by atoms with E-state index in [1.54, 1.807) is 24.4 Å². The number of benzene rings is 3. The molecule has 1 aromatic heterocycles. The molecule has 8 heteroatoms. The Balaban J connectivity index is 1.27. The molecule has 6 rings (SSSR count). The van der Waals surface area contributed by atoms with Gasteiger partial charge in [0.1, 0.15) is 36.1 Å². The predicted molar refractivity (Wildman–Crippen MR) is 159 cm³/mol. The van der Waals surface area contributed by atoms with Gasteiger partial charge in [-0.25, -0.2) is 4.39 Å². The molecular weight excluding hydrogens is 553 g/mol. The van der Waals surface area contributed by atoms with Crippen LogP contribution in [-0.4, -0.2) is 22.2 Å². The molecule has 0 saturated heterocycles. The highest BCUT2D eigenvalue weighted by Crippen LogP contribution is 2.43. The number of fused-ring (bicyclic) bond motifs is 1. The Labute approximate surface area is 249 Å². The van der Waals surface area contributed by atoms with Gasteiger partial charge in [-0.2, -0.15) is 5.26 Å². The van der Waals surface area contributed by atoms with Crippen molar-refractivity contribution in [2.24, 2.45) is 0 Å². The summed E-state index contributed by atoms with van der Waals surface area (Å²) in [5.74, 6) is 0.842. The summed E-state index contributed by atoms with van der Waals surface area (Å²) in [6.45, 7) is 0.673. The van der Waals surface area contributed by atoms with E-state index >= 15 is 0 Å². The second-order valence-corrected chi connectivity index (χ2v) is 11.3. The average molecular weight is 584 g/mol. The average Bonchev–Trinajstić information content (AvgIpc) is 3.62. The number of aliphatic hydroxyl groups excluding tert-OH is 1. The molecule has 0 spiro atoms. The van der Waals surface area contributed by atoms with Crippen LogP contribution in [0.4, 0.5) is 4.39 Å². The summed E-state index contributed by atoms with van der Waals surface area (Å²) in [4.78, 5) is 4.13. The van der Waals surface area contributed by atoms with E-state index in [9.17, 15) is 14.8 Å². The lowest BCUT2D eigenvalue weighted by Crippen LogP contribution is -2.35. The van der Waals surface area contributed by atoms with E-state index in [4.69, 9.17) is 21.1 Å². The molecule has 6 nitrogen and oxygen atoms in total. The van der Waals surface area contributed by atoms with Crippen molar-refractivity contribution >= 4 is 11.6 Å². The molecule has 2 aliphatic rings. The van der Waals surface area contributed by atoms with Crippen LogP contribution in [-0.2, 0) is 19.6 Å². The summed E-state index contributed by atoms with van der Waals surface area (Å²) in [6, 6.07) is 20.3. The minimum absolute atomic E-state index is 0.0164. The number of halogens is 2. The molecule has 42 heavy (non-hydrogen) atoms. The molecule has 0 amide bonds. The fourth-order valence-electron chi connectivity index (χ4n) is 5.97. The van der Waals surface area contributed by atoms with Gasteiger partial charge in [0.25, 0.3) is 0 Å². The first-order valence-corrected chi connectivity index (χ1v) is 14.6. The number of hydrogen-bond donors (Lipinski definition) is 2. The van der Waals surface area contributed by atoms with Crippen molar-refractivity contribution in [1.82, 2.24) is 10.3 Å². The van der Waals surface area contributed by atoms with Crippen molar-refractivity contribution in [3.05, 3.63) is 112 Å². The fourth-order valence-corrected chi connectivity index (χ4v) is 6.20. The molecule has 3 atom stereocenters. The standard InChI is InChI=1S/C34H31ClFN3O3/c35-28-14-23(19-39-30-9-4-10-31(30)40)33(41-20-22-13-21(16-37)17-38-18-22)15-34(28)42-32-12-11-25-24(6-3-7-27(25)32)26-5-1-2-8-29(26)36/h1-3,5-8,13-15,17-18,30-32,39-40H,4,9-12,19-20H2/t30-,31?,32+/m1/s1. The zero-order valence-corrected chi connectivity index (χ0v) is 23.8. The predicted octanol–water partition coefficient (Wildman–Crippen LogP) is 7.06. The lowest BCUT2D eigenvalue weighted by atomic mass is 9.96. The van der Waals surface area contributed by atoms with Crippen LogP contribution in [0, 0.1) is 17.1 Å². The van der Waals surface area contributed by atoms with Crippen LogP contribution in [0.15, 0.2) is 73.1 Å². The van der Waals surface area contributed by atoms with E-state index in [2.05, 4.69) is 16.4 Å². The Morgan fingerprint density at radius 1 is 1.02 bits per heavy atom. The zero-order valence-electron chi connectivity index (χ0n) is 23.0. The number of nitrogens with zero attached hydrogens (tertiary/aromatic N) is 2. The van der Waals surface area contributed by atoms with Crippen molar-refractivity contribution in [2.75, 3.05) is 0 Å². The van der Waals surface area contributed by atoms with Gasteiger partial charge in [0.2, 0.25) is 0 Å². The van der Waals surface area contributed by atoms with Gasteiger partial charge in [-0.1, -0.05) is 48.0 Å². The van der Waals surface area contributed by atoms with E-state index in [1.165, 1.54) is 12.3 Å². The molecule has 3 aromatic carbocycles. The monoisotopic (exact) mass is 583 g/mol. The van der Waals surface area contributed by atoms with Crippen LogP contribution in [0.5, 0.6) is 11.5 Å². The fraction of sp³-hybridized carbons (Fsp3) is 0.294. The zero-order chi connectivity index (χ0) is 29.1. The Bertz CT molecular complexity index is 1640. The second kappa shape index (κ2) is 12.5. The quantitative estimate of drug-likeness (QED) is 0.219. The maximum Gasteiger partial charge on any atom is 0.142 e. The Kier molecular flexibility index (Phi) is 8.38. The van der Waals surface area contributed by atoms with Gasteiger partial charge in [0.15, 0.2) is 0 Å². The van der Waals surface area contributed by atoms with Crippen molar-refractivity contribution in [2.45, 2.75) is 63.5 Å². The summed E-state index contributed by atoms with van der Waals surface area (Å²) in [6.07, 6.45) is 6.75. The largest absolute Gasteiger partial charge is 0.488 e. The van der Waals surface area contributed by atoms with Crippen LogP contribution in [0.25, 0.3) is 11.1 Å². The SMILES string of the molecule is N#Cc1cncc(COc2cc(O[C@H]3CCc4c(-c5ccccc5F)cccc43)c(Cl)cc2CN[C@@H]2CCCC2O)c1. The molecule has 0 radical (unpaired) electrons. The van der Waals surface area contributed by atoms with Crippen LogP contribution in [0.3, 0.4) is 0 Å². The van der Waals surface area contributed by atoms with Crippen LogP contribution in [0.2, 0.25) is 5.02 Å². The van der Waals surface area contributed by atoms with Crippen LogP contribution >= 0.6 is 11.6 Å². The Hall–Kier alpha value is -3.96. The van der Waals surface area contributed by atoms with Crippen molar-refractivity contribution in [3.8, 4) is 28.7 Å². The smallest absolute Gasteiger partial charge is 0.142 e. The van der Waals surface area contributed by atoms with Crippen LogP contribution in [0.1, 0.15) is 59.6 Å². The number of pyridine rings is 1. The first-order valence-electron chi connectivity index (χ1n) is 14.2. The van der Waals surface area contributed by atoms with Crippen LogP contribution < -0.4 is 14.8 Å². The van der Waals surface area contributed by atoms with Gasteiger partial charge in [0.05, 0.1) is 16.7 Å². The Morgan fingerprint density at radius 3 is 2.69 bits per heavy atom. The molecule has 1 fully saturated rings. The van der Waals surface area contributed by atoms with E-state index < -0.39 is 0 Å². The number of nitriles is 1. The van der Waals surface area contributed by atoms with Crippen molar-refractivity contribution < 1.29 is 19.0 Å². The summed E-state index contributed by atoms with van der Waals surface area (Å²) < 4.78 is 27.4. The summed E-state index contributed by atoms with van der Waals surface area (Å²) >= 11 is 6.78. The normalized spacial score (nSPS) is 19.3. The number of hydrogen-bond acceptors (Lipinski definition) is 6. The highest BCUT2D eigenvalue weighted by Gasteiger charge is 2.29. The van der Waals surface area contributed by atoms with E-state index in [-0.39, 0.29) is 30.7 Å². The highest BCUT2D eigenvalue weighted by molar-refractivity contribution is 6.32. The molecular formula is C34H31ClFN3O3. The third-order valence-electron chi connectivity index (χ3n) is 8.12. The molecule has 0 bridgehead atoms. The molecule has 1 heterocycles. The molecule has 1 unspecified atom stereocenters. The van der Waals surface area contributed by atoms with Gasteiger partial charge in [-0.3, -0.25) is 4.98 Å². The lowest BCUT2D eigenvalue weighted by Gasteiger charge is -2.21. The lowest BCUT2D eigenvalue weighted by molar-refractivity contribution is 0.148. The number of nitrogens with one attached hydrogen (secondary N) is 1. The molecule has 0 aliphatic heterocycles. The minimum atomic E-state index is -0.371. The third kappa shape index (κ3) is 5.98. The number of aromatic nitrogens is 1. The number of aliphatic hydroxyl groups is 1. The van der Waals surface area contributed by atoms with Gasteiger partial charge < -0.3 is 19.9 Å². The summed E-state index contributed by atoms with van der Waals surface area (Å²) in [5.41, 5.74) is 5.64. The van der Waals surface area contributed by atoms with E-state index in [0.29, 0.717) is 34.2 Å². The van der Waals surface area contributed by atoms with Gasteiger partial charge in [0, 0.05) is 47.7 Å². The highest BCUT2D eigenvalue weighted by atomic mass is 35.5. The van der Waals surface area contributed by atoms with Gasteiger partial charge in [-0.05, 0) is 67.0 Å². The van der Waals surface area contributed by atoms with E-state index in [0.717, 1.165) is 59.9 Å². The topological polar surface area (TPSA) is 87.4 Å². The molecule has 2 N–H and O–H groups in total. The first kappa shape index (κ1) is 28.2. The van der Waals surface area contributed by atoms with Crippen molar-refractivity contribution in [1.29, 1.82) is 5.26 Å². The first-order chi connectivity index (χ1) is 20.5. The maximum absolute atomic E-state index is 14.6. The maximum atomic E-state index is 14.6. The molecule has 4 aromatic rings. The second-order valence-electron chi connectivity index (χ2n) is 10.9. The van der Waals surface area contributed by atoms with Gasteiger partial charge >= 0.3 is 0 Å². The Morgan fingerprint density at radius 2 is 1.88 bits per heavy atom. The van der Waals surface area contributed by atoms with E-state index in [1.807, 2.05) is 36.4 Å². The molecule has 1 saturated carbocycles. The minimum Gasteiger partial charge on any atom is -0.488 e. The van der Waals surface area contributed by atoms with Gasteiger partial charge in [-0.15, -0.1) is 0 Å². The summed E-state index contributed by atoms with van der Waals surface area (Å²) in [5, 5.41) is 23.4. The molecule has 2 aliphatic carbocycles. The molecule has 214 valence electrons. The van der Waals surface area contributed by atoms with Crippen molar-refractivity contribution in [3.63, 3.8) is 0 Å². The number of ether oxygens (including phenoxy) is 2. The third-order valence-corrected chi connectivity index (χ3v) is 8.41. The number of rotatable bonds is 9.